The molecule has 1 atom stereocenters. The molecule has 2 nitrogen and oxygen atoms in total. The predicted molar refractivity (Wildman–Crippen MR) is 63.6 cm³/mol. The van der Waals surface area contributed by atoms with Crippen molar-refractivity contribution in [2.45, 2.75) is 65.6 Å². The SMILES string of the molecule is CC#COC(C)(CC)COC(C)(C)CC. The molecule has 0 rings (SSSR count). The van der Waals surface area contributed by atoms with Gasteiger partial charge >= 0.3 is 0 Å². The third kappa shape index (κ3) is 5.69. The molecule has 0 spiro atoms. The Morgan fingerprint density at radius 3 is 2.07 bits per heavy atom. The molecular formula is C13H24O2. The molecule has 0 fully saturated rings. The van der Waals surface area contributed by atoms with Crippen LogP contribution in [0, 0.1) is 12.0 Å². The predicted octanol–water partition coefficient (Wildman–Crippen LogP) is 3.36. The van der Waals surface area contributed by atoms with E-state index < -0.39 is 0 Å². The Labute approximate surface area is 94.3 Å². The largest absolute Gasteiger partial charge is 0.438 e. The van der Waals surface area contributed by atoms with E-state index in [4.69, 9.17) is 9.47 Å². The summed E-state index contributed by atoms with van der Waals surface area (Å²) in [4.78, 5) is 0. The van der Waals surface area contributed by atoms with Gasteiger partial charge in [0.15, 0.2) is 0 Å². The standard InChI is InChI=1S/C13H24O2/c1-7-10-14-13(6,9-3)11-15-12(4,5)8-2/h8-9,11H2,1-6H3. The molecule has 0 bridgehead atoms. The molecule has 0 saturated heterocycles. The lowest BCUT2D eigenvalue weighted by atomic mass is 10.0. The zero-order valence-corrected chi connectivity index (χ0v) is 10.9. The normalized spacial score (nSPS) is 15.1. The summed E-state index contributed by atoms with van der Waals surface area (Å²) in [6.07, 6.45) is 4.55. The summed E-state index contributed by atoms with van der Waals surface area (Å²) in [7, 11) is 0. The van der Waals surface area contributed by atoms with Crippen LogP contribution in [0.2, 0.25) is 0 Å². The maximum Gasteiger partial charge on any atom is 0.141 e. The minimum Gasteiger partial charge on any atom is -0.438 e. The molecule has 0 heterocycles. The van der Waals surface area contributed by atoms with Crippen molar-refractivity contribution >= 4 is 0 Å². The molecule has 15 heavy (non-hydrogen) atoms. The Morgan fingerprint density at radius 1 is 1.07 bits per heavy atom. The van der Waals surface area contributed by atoms with Crippen molar-refractivity contribution in [3.63, 3.8) is 0 Å². The summed E-state index contributed by atoms with van der Waals surface area (Å²) in [5.74, 6) is 2.74. The second kappa shape index (κ2) is 6.02. The molecule has 88 valence electrons. The van der Waals surface area contributed by atoms with Gasteiger partial charge in [-0.3, -0.25) is 0 Å². The fourth-order valence-corrected chi connectivity index (χ4v) is 0.828. The van der Waals surface area contributed by atoms with Crippen LogP contribution < -0.4 is 0 Å². The Kier molecular flexibility index (Phi) is 5.75. The van der Waals surface area contributed by atoms with Crippen LogP contribution in [0.4, 0.5) is 0 Å². The van der Waals surface area contributed by atoms with Crippen LogP contribution in [0.25, 0.3) is 0 Å². The molecule has 0 aromatic carbocycles. The van der Waals surface area contributed by atoms with Crippen molar-refractivity contribution < 1.29 is 9.47 Å². The van der Waals surface area contributed by atoms with Gasteiger partial charge in [-0.2, -0.15) is 0 Å². The lowest BCUT2D eigenvalue weighted by Crippen LogP contribution is -2.37. The average Bonchev–Trinajstić information content (AvgIpc) is 2.24. The number of ether oxygens (including phenoxy) is 2. The van der Waals surface area contributed by atoms with Crippen LogP contribution in [0.15, 0.2) is 0 Å². The summed E-state index contributed by atoms with van der Waals surface area (Å²) in [5.41, 5.74) is -0.380. The van der Waals surface area contributed by atoms with Crippen molar-refractivity contribution in [1.82, 2.24) is 0 Å². The quantitative estimate of drug-likeness (QED) is 0.629. The average molecular weight is 212 g/mol. The zero-order chi connectivity index (χ0) is 11.9. The van der Waals surface area contributed by atoms with Gasteiger partial charge in [0.05, 0.1) is 12.2 Å². The van der Waals surface area contributed by atoms with Gasteiger partial charge in [-0.05, 0) is 33.6 Å². The van der Waals surface area contributed by atoms with E-state index in [2.05, 4.69) is 39.7 Å². The summed E-state index contributed by atoms with van der Waals surface area (Å²) >= 11 is 0. The van der Waals surface area contributed by atoms with Crippen LogP contribution in [-0.2, 0) is 9.47 Å². The van der Waals surface area contributed by atoms with E-state index in [1.165, 1.54) is 0 Å². The van der Waals surface area contributed by atoms with E-state index >= 15 is 0 Å². The first-order valence-corrected chi connectivity index (χ1v) is 5.63. The number of hydrogen-bond acceptors (Lipinski definition) is 2. The Balaban J connectivity index is 4.24. The van der Waals surface area contributed by atoms with Crippen LogP contribution in [0.5, 0.6) is 0 Å². The summed E-state index contributed by atoms with van der Waals surface area (Å²) in [6, 6.07) is 0. The van der Waals surface area contributed by atoms with E-state index in [9.17, 15) is 0 Å². The second-order valence-corrected chi connectivity index (χ2v) is 4.66. The molecule has 0 aliphatic heterocycles. The highest BCUT2D eigenvalue weighted by Crippen LogP contribution is 2.21. The fraction of sp³-hybridized carbons (Fsp3) is 0.846. The van der Waals surface area contributed by atoms with Crippen molar-refractivity contribution in [3.05, 3.63) is 0 Å². The molecule has 0 radical (unpaired) electrons. The van der Waals surface area contributed by atoms with Gasteiger partial charge in [0.2, 0.25) is 0 Å². The van der Waals surface area contributed by atoms with Gasteiger partial charge in [-0.15, -0.1) is 0 Å². The first-order chi connectivity index (χ1) is 6.89. The van der Waals surface area contributed by atoms with Crippen molar-refractivity contribution in [1.29, 1.82) is 0 Å². The Bertz CT molecular complexity index is 235. The Hall–Kier alpha value is -0.680. The van der Waals surface area contributed by atoms with E-state index in [1.54, 1.807) is 6.92 Å². The summed E-state index contributed by atoms with van der Waals surface area (Å²) in [5, 5.41) is 0. The summed E-state index contributed by atoms with van der Waals surface area (Å²) in [6.45, 7) is 12.8. The van der Waals surface area contributed by atoms with Crippen LogP contribution in [0.3, 0.4) is 0 Å². The lowest BCUT2D eigenvalue weighted by molar-refractivity contribution is -0.0997. The Morgan fingerprint density at radius 2 is 1.67 bits per heavy atom. The highest BCUT2D eigenvalue weighted by molar-refractivity contribution is 4.90. The topological polar surface area (TPSA) is 18.5 Å². The van der Waals surface area contributed by atoms with Crippen molar-refractivity contribution in [2.24, 2.45) is 0 Å². The van der Waals surface area contributed by atoms with Gasteiger partial charge in [0.25, 0.3) is 0 Å². The monoisotopic (exact) mass is 212 g/mol. The van der Waals surface area contributed by atoms with Gasteiger partial charge in [0.1, 0.15) is 11.7 Å². The van der Waals surface area contributed by atoms with Crippen molar-refractivity contribution in [2.75, 3.05) is 6.61 Å². The number of hydrogen-bond donors (Lipinski definition) is 0. The first kappa shape index (κ1) is 14.3. The van der Waals surface area contributed by atoms with E-state index in [-0.39, 0.29) is 11.2 Å². The van der Waals surface area contributed by atoms with Crippen LogP contribution in [0.1, 0.15) is 54.4 Å². The third-order valence-corrected chi connectivity index (χ3v) is 2.77. The highest BCUT2D eigenvalue weighted by atomic mass is 16.5. The molecule has 0 saturated carbocycles. The molecule has 0 amide bonds. The smallest absolute Gasteiger partial charge is 0.141 e. The van der Waals surface area contributed by atoms with Gasteiger partial charge < -0.3 is 9.47 Å². The maximum absolute atomic E-state index is 5.84. The minimum absolute atomic E-state index is 0.0839. The molecule has 1 unspecified atom stereocenters. The molecular weight excluding hydrogens is 188 g/mol. The second-order valence-electron chi connectivity index (χ2n) is 4.66. The van der Waals surface area contributed by atoms with Crippen molar-refractivity contribution in [3.8, 4) is 12.0 Å². The molecule has 2 heteroatoms. The molecule has 0 aromatic rings. The number of rotatable bonds is 6. The van der Waals surface area contributed by atoms with Gasteiger partial charge in [0, 0.05) is 6.92 Å². The van der Waals surface area contributed by atoms with Gasteiger partial charge in [-0.25, -0.2) is 0 Å². The highest BCUT2D eigenvalue weighted by Gasteiger charge is 2.27. The van der Waals surface area contributed by atoms with E-state index in [0.29, 0.717) is 6.61 Å². The lowest BCUT2D eigenvalue weighted by Gasteiger charge is -2.31. The molecule has 0 aliphatic rings. The van der Waals surface area contributed by atoms with Crippen LogP contribution in [-0.4, -0.2) is 17.8 Å². The molecule has 0 aliphatic carbocycles. The maximum atomic E-state index is 5.84. The van der Waals surface area contributed by atoms with E-state index in [1.807, 2.05) is 6.92 Å². The first-order valence-electron chi connectivity index (χ1n) is 5.63. The molecule has 0 N–H and O–H groups in total. The van der Waals surface area contributed by atoms with E-state index in [0.717, 1.165) is 12.8 Å². The summed E-state index contributed by atoms with van der Waals surface area (Å²) < 4.78 is 11.3. The molecule has 0 aromatic heterocycles. The zero-order valence-electron chi connectivity index (χ0n) is 10.9. The minimum atomic E-state index is -0.296. The third-order valence-electron chi connectivity index (χ3n) is 2.77. The fourth-order valence-electron chi connectivity index (χ4n) is 0.828. The van der Waals surface area contributed by atoms with Gasteiger partial charge in [-0.1, -0.05) is 19.8 Å². The van der Waals surface area contributed by atoms with Crippen LogP contribution >= 0.6 is 0 Å².